The number of benzene rings is 1. The Morgan fingerprint density at radius 1 is 1.15 bits per heavy atom. The van der Waals surface area contributed by atoms with E-state index in [0.29, 0.717) is 30.5 Å². The minimum Gasteiger partial charge on any atom is -0.478 e. The maximum absolute atomic E-state index is 10.9. The molecule has 0 fully saturated rings. The number of carbonyl (C=O) groups excluding carboxylic acids is 1. The number of nitrogens with one attached hydrogen (secondary N) is 3. The van der Waals surface area contributed by atoms with E-state index in [2.05, 4.69) is 39.8 Å². The van der Waals surface area contributed by atoms with E-state index in [1.54, 1.807) is 18.3 Å². The van der Waals surface area contributed by atoms with Crippen LogP contribution >= 0.6 is 0 Å². The van der Waals surface area contributed by atoms with Gasteiger partial charge < -0.3 is 21.1 Å². The van der Waals surface area contributed by atoms with Crippen molar-refractivity contribution in [3.8, 4) is 0 Å². The number of anilines is 3. The van der Waals surface area contributed by atoms with Crippen LogP contribution in [0, 0.1) is 0 Å². The Morgan fingerprint density at radius 3 is 2.42 bits per heavy atom. The number of hydrogen-bond acceptors (Lipinski definition) is 6. The van der Waals surface area contributed by atoms with Crippen molar-refractivity contribution in [3.05, 3.63) is 41.6 Å². The summed E-state index contributed by atoms with van der Waals surface area (Å²) in [6.07, 6.45) is 1.76. The maximum atomic E-state index is 10.9. The predicted molar refractivity (Wildman–Crippen MR) is 100.0 cm³/mol. The first-order valence-electron chi connectivity index (χ1n) is 8.32. The highest BCUT2D eigenvalue weighted by molar-refractivity contribution is 5.88. The third-order valence-corrected chi connectivity index (χ3v) is 3.62. The standard InChI is InChI=1S/C18H23N5O3/c1-11(2)15-10-21-18(23-16(15)20-9-8-19-12(3)24)22-14-6-4-13(5-7-14)17(25)26/h4-7,10-11H,8-9H2,1-3H3,(H,19,24)(H,25,26)(H2,20,21,22,23). The maximum Gasteiger partial charge on any atom is 0.335 e. The normalized spacial score (nSPS) is 10.5. The lowest BCUT2D eigenvalue weighted by Crippen LogP contribution is -2.26. The average molecular weight is 357 g/mol. The lowest BCUT2D eigenvalue weighted by atomic mass is 10.1. The third-order valence-electron chi connectivity index (χ3n) is 3.62. The molecule has 2 aromatic rings. The van der Waals surface area contributed by atoms with Crippen LogP contribution in [0.15, 0.2) is 30.5 Å². The second-order valence-corrected chi connectivity index (χ2v) is 6.07. The molecule has 138 valence electrons. The largest absolute Gasteiger partial charge is 0.478 e. The van der Waals surface area contributed by atoms with Gasteiger partial charge in [-0.05, 0) is 30.2 Å². The van der Waals surface area contributed by atoms with Crippen molar-refractivity contribution in [2.75, 3.05) is 23.7 Å². The van der Waals surface area contributed by atoms with Crippen molar-refractivity contribution in [3.63, 3.8) is 0 Å². The number of carboxylic acid groups (broad SMARTS) is 1. The Labute approximate surface area is 152 Å². The van der Waals surface area contributed by atoms with Gasteiger partial charge in [-0.2, -0.15) is 4.98 Å². The van der Waals surface area contributed by atoms with Crippen molar-refractivity contribution in [2.45, 2.75) is 26.7 Å². The van der Waals surface area contributed by atoms with Crippen molar-refractivity contribution in [2.24, 2.45) is 0 Å². The molecule has 0 atom stereocenters. The van der Waals surface area contributed by atoms with Gasteiger partial charge in [0.25, 0.3) is 0 Å². The zero-order chi connectivity index (χ0) is 19.1. The molecule has 1 amide bonds. The van der Waals surface area contributed by atoms with Crippen molar-refractivity contribution in [1.82, 2.24) is 15.3 Å². The van der Waals surface area contributed by atoms with Gasteiger partial charge in [-0.1, -0.05) is 13.8 Å². The number of carbonyl (C=O) groups is 2. The van der Waals surface area contributed by atoms with Gasteiger partial charge in [0.05, 0.1) is 5.56 Å². The average Bonchev–Trinajstić information content (AvgIpc) is 2.59. The molecule has 2 rings (SSSR count). The fourth-order valence-electron chi connectivity index (χ4n) is 2.26. The van der Waals surface area contributed by atoms with Crippen LogP contribution in [0.4, 0.5) is 17.5 Å². The van der Waals surface area contributed by atoms with E-state index in [4.69, 9.17) is 5.11 Å². The van der Waals surface area contributed by atoms with Gasteiger partial charge in [-0.15, -0.1) is 0 Å². The van der Waals surface area contributed by atoms with Gasteiger partial charge in [-0.25, -0.2) is 9.78 Å². The Hall–Kier alpha value is -3.16. The van der Waals surface area contributed by atoms with Crippen LogP contribution in [-0.4, -0.2) is 40.0 Å². The van der Waals surface area contributed by atoms with Gasteiger partial charge in [0.15, 0.2) is 0 Å². The van der Waals surface area contributed by atoms with E-state index in [1.807, 2.05) is 0 Å². The summed E-state index contributed by atoms with van der Waals surface area (Å²) in [5, 5.41) is 17.9. The predicted octanol–water partition coefficient (Wildman–Crippen LogP) is 2.59. The molecule has 4 N–H and O–H groups in total. The third kappa shape index (κ3) is 5.44. The molecule has 0 aliphatic rings. The number of rotatable bonds is 8. The Morgan fingerprint density at radius 2 is 1.85 bits per heavy atom. The fraction of sp³-hybridized carbons (Fsp3) is 0.333. The Balaban J connectivity index is 2.12. The number of aromatic nitrogens is 2. The van der Waals surface area contributed by atoms with Crippen LogP contribution in [-0.2, 0) is 4.79 Å². The van der Waals surface area contributed by atoms with E-state index in [0.717, 1.165) is 5.56 Å². The molecule has 0 saturated heterocycles. The lowest BCUT2D eigenvalue weighted by Gasteiger charge is -2.15. The second kappa shape index (κ2) is 8.80. The molecular formula is C18H23N5O3. The van der Waals surface area contributed by atoms with Crippen molar-refractivity contribution in [1.29, 1.82) is 0 Å². The quantitative estimate of drug-likeness (QED) is 0.537. The zero-order valence-electron chi connectivity index (χ0n) is 15.0. The summed E-state index contributed by atoms with van der Waals surface area (Å²) in [5.41, 5.74) is 1.88. The van der Waals surface area contributed by atoms with Crippen LogP contribution in [0.25, 0.3) is 0 Å². The smallest absolute Gasteiger partial charge is 0.335 e. The van der Waals surface area contributed by atoms with E-state index in [-0.39, 0.29) is 17.4 Å². The topological polar surface area (TPSA) is 116 Å². The fourth-order valence-corrected chi connectivity index (χ4v) is 2.26. The number of carboxylic acids is 1. The summed E-state index contributed by atoms with van der Waals surface area (Å²) in [5.74, 6) is 0.289. The minimum atomic E-state index is -0.972. The molecular weight excluding hydrogens is 334 g/mol. The molecule has 0 spiro atoms. The monoisotopic (exact) mass is 357 g/mol. The van der Waals surface area contributed by atoms with E-state index < -0.39 is 5.97 Å². The molecule has 26 heavy (non-hydrogen) atoms. The molecule has 8 heteroatoms. The van der Waals surface area contributed by atoms with Crippen LogP contribution in [0.2, 0.25) is 0 Å². The lowest BCUT2D eigenvalue weighted by molar-refractivity contribution is -0.118. The summed E-state index contributed by atoms with van der Waals surface area (Å²) in [6.45, 7) is 6.62. The molecule has 1 aromatic heterocycles. The van der Waals surface area contributed by atoms with Crippen molar-refractivity contribution < 1.29 is 14.7 Å². The second-order valence-electron chi connectivity index (χ2n) is 6.07. The minimum absolute atomic E-state index is 0.0780. The van der Waals surface area contributed by atoms with Crippen LogP contribution < -0.4 is 16.0 Å². The van der Waals surface area contributed by atoms with E-state index >= 15 is 0 Å². The van der Waals surface area contributed by atoms with Gasteiger partial charge in [-0.3, -0.25) is 4.79 Å². The molecule has 0 bridgehead atoms. The van der Waals surface area contributed by atoms with Gasteiger partial charge in [0.1, 0.15) is 5.82 Å². The highest BCUT2D eigenvalue weighted by atomic mass is 16.4. The molecule has 8 nitrogen and oxygen atoms in total. The van der Waals surface area contributed by atoms with Crippen LogP contribution in [0.5, 0.6) is 0 Å². The Bertz CT molecular complexity index is 775. The number of nitrogens with zero attached hydrogens (tertiary/aromatic N) is 2. The molecule has 0 radical (unpaired) electrons. The first kappa shape index (κ1) is 19.2. The van der Waals surface area contributed by atoms with Crippen LogP contribution in [0.1, 0.15) is 42.6 Å². The number of hydrogen-bond donors (Lipinski definition) is 4. The molecule has 0 aliphatic heterocycles. The highest BCUT2D eigenvalue weighted by Gasteiger charge is 2.11. The van der Waals surface area contributed by atoms with Gasteiger partial charge in [0, 0.05) is 37.5 Å². The molecule has 0 saturated carbocycles. The number of aromatic carboxylic acids is 1. The summed E-state index contributed by atoms with van der Waals surface area (Å²) in [4.78, 5) is 30.7. The van der Waals surface area contributed by atoms with E-state index in [1.165, 1.54) is 19.1 Å². The molecule has 1 aromatic carbocycles. The van der Waals surface area contributed by atoms with E-state index in [9.17, 15) is 9.59 Å². The molecule has 1 heterocycles. The van der Waals surface area contributed by atoms with Gasteiger partial charge >= 0.3 is 5.97 Å². The molecule has 0 unspecified atom stereocenters. The molecule has 0 aliphatic carbocycles. The summed E-state index contributed by atoms with van der Waals surface area (Å²) < 4.78 is 0. The SMILES string of the molecule is CC(=O)NCCNc1nc(Nc2ccc(C(=O)O)cc2)ncc1C(C)C. The first-order chi connectivity index (χ1) is 12.4. The summed E-state index contributed by atoms with van der Waals surface area (Å²) >= 11 is 0. The highest BCUT2D eigenvalue weighted by Crippen LogP contribution is 2.23. The summed E-state index contributed by atoms with van der Waals surface area (Å²) in [7, 11) is 0. The van der Waals surface area contributed by atoms with Crippen molar-refractivity contribution >= 4 is 29.3 Å². The van der Waals surface area contributed by atoms with Gasteiger partial charge in [0.2, 0.25) is 11.9 Å². The van der Waals surface area contributed by atoms with Crippen LogP contribution in [0.3, 0.4) is 0 Å². The summed E-state index contributed by atoms with van der Waals surface area (Å²) in [6, 6.07) is 6.35. The zero-order valence-corrected chi connectivity index (χ0v) is 15.0. The Kier molecular flexibility index (Phi) is 6.48. The first-order valence-corrected chi connectivity index (χ1v) is 8.32. The number of amides is 1.